The summed E-state index contributed by atoms with van der Waals surface area (Å²) >= 11 is 0. The largest absolute Gasteiger partial charge is 0.415 e. The zero-order chi connectivity index (χ0) is 21.4. The van der Waals surface area contributed by atoms with Gasteiger partial charge in [-0.25, -0.2) is 4.99 Å². The summed E-state index contributed by atoms with van der Waals surface area (Å²) in [6.07, 6.45) is 0. The minimum atomic E-state index is -1.74. The van der Waals surface area contributed by atoms with Crippen LogP contribution in [-0.2, 0) is 11.1 Å². The highest BCUT2D eigenvalue weighted by atomic mass is 28.4. The molecule has 1 aliphatic rings. The van der Waals surface area contributed by atoms with Crippen LogP contribution in [0.5, 0.6) is 0 Å². The molecular weight excluding hydrogens is 390 g/mol. The standard InChI is InChI=1S/C23H31N5OSi/c1-23(2,3)30(4,5)29-16-15-27-17-28-20-14-10-9-13-19(20)21(25-22(28)26-27)24-18-11-7-6-8-12-18/h6-14H,15-17H2,1-5H3,(H,24,25,26). The van der Waals surface area contributed by atoms with E-state index in [4.69, 9.17) is 14.4 Å². The SMILES string of the molecule is CC(C)(C)[Si](C)(C)OCCN1Cn2c(nc(=Nc3ccccc3)c3ccccc32)N1. The van der Waals surface area contributed by atoms with Gasteiger partial charge >= 0.3 is 0 Å². The van der Waals surface area contributed by atoms with Crippen molar-refractivity contribution in [3.63, 3.8) is 0 Å². The van der Waals surface area contributed by atoms with E-state index in [0.29, 0.717) is 6.61 Å². The second kappa shape index (κ2) is 7.98. The third kappa shape index (κ3) is 4.19. The smallest absolute Gasteiger partial charge is 0.221 e. The molecule has 0 unspecified atom stereocenters. The van der Waals surface area contributed by atoms with Crippen molar-refractivity contribution in [3.05, 3.63) is 60.1 Å². The summed E-state index contributed by atoms with van der Waals surface area (Å²) in [6, 6.07) is 18.3. The molecule has 0 bridgehead atoms. The molecule has 4 rings (SSSR count). The van der Waals surface area contributed by atoms with Gasteiger partial charge in [0.2, 0.25) is 5.95 Å². The Morgan fingerprint density at radius 2 is 1.77 bits per heavy atom. The number of aromatic nitrogens is 2. The number of nitrogens with zero attached hydrogens (tertiary/aromatic N) is 4. The Morgan fingerprint density at radius 3 is 2.50 bits per heavy atom. The first kappa shape index (κ1) is 20.8. The van der Waals surface area contributed by atoms with Crippen molar-refractivity contribution < 1.29 is 4.43 Å². The third-order valence-electron chi connectivity index (χ3n) is 6.09. The molecular formula is C23H31N5OSi. The van der Waals surface area contributed by atoms with Crippen LogP contribution in [0.15, 0.2) is 59.6 Å². The van der Waals surface area contributed by atoms with E-state index >= 15 is 0 Å². The lowest BCUT2D eigenvalue weighted by Crippen LogP contribution is -2.42. The summed E-state index contributed by atoms with van der Waals surface area (Å²) in [4.78, 5) is 9.63. The van der Waals surface area contributed by atoms with Crippen LogP contribution in [0.2, 0.25) is 18.1 Å². The fourth-order valence-corrected chi connectivity index (χ4v) is 4.31. The first-order chi connectivity index (χ1) is 14.2. The molecule has 0 atom stereocenters. The topological polar surface area (TPSA) is 54.7 Å². The van der Waals surface area contributed by atoms with Gasteiger partial charge in [0.05, 0.1) is 17.9 Å². The normalized spacial score (nSPS) is 15.4. The highest BCUT2D eigenvalue weighted by Gasteiger charge is 2.37. The molecule has 2 aromatic carbocycles. The Hall–Kier alpha value is -2.48. The highest BCUT2D eigenvalue weighted by molar-refractivity contribution is 6.74. The molecule has 3 aromatic rings. The van der Waals surface area contributed by atoms with Gasteiger partial charge in [0.15, 0.2) is 13.8 Å². The second-order valence-corrected chi connectivity index (χ2v) is 14.1. The number of hydrogen-bond acceptors (Lipinski definition) is 5. The summed E-state index contributed by atoms with van der Waals surface area (Å²) in [5.41, 5.74) is 6.19. The van der Waals surface area contributed by atoms with Gasteiger partial charge < -0.3 is 4.43 Å². The van der Waals surface area contributed by atoms with Gasteiger partial charge in [-0.1, -0.05) is 51.1 Å². The van der Waals surface area contributed by atoms with Gasteiger partial charge in [0.25, 0.3) is 0 Å². The van der Waals surface area contributed by atoms with Gasteiger partial charge in [-0.2, -0.15) is 9.99 Å². The minimum absolute atomic E-state index is 0.217. The molecule has 6 nitrogen and oxygen atoms in total. The molecule has 0 fully saturated rings. The molecule has 1 aliphatic heterocycles. The molecule has 0 radical (unpaired) electrons. The Morgan fingerprint density at radius 1 is 1.07 bits per heavy atom. The molecule has 158 valence electrons. The first-order valence-electron chi connectivity index (χ1n) is 10.5. The highest BCUT2D eigenvalue weighted by Crippen LogP contribution is 2.36. The molecule has 0 saturated heterocycles. The average Bonchev–Trinajstić information content (AvgIpc) is 3.11. The van der Waals surface area contributed by atoms with Crippen molar-refractivity contribution >= 4 is 30.9 Å². The number of fused-ring (bicyclic) bond motifs is 3. The van der Waals surface area contributed by atoms with Crippen LogP contribution in [0.1, 0.15) is 20.8 Å². The van der Waals surface area contributed by atoms with Crippen LogP contribution in [-0.4, -0.2) is 36.0 Å². The summed E-state index contributed by atoms with van der Waals surface area (Å²) in [6.45, 7) is 13.6. The number of para-hydroxylation sites is 2. The van der Waals surface area contributed by atoms with E-state index in [9.17, 15) is 0 Å². The third-order valence-corrected chi connectivity index (χ3v) is 10.6. The number of nitrogens with one attached hydrogen (secondary N) is 1. The lowest BCUT2D eigenvalue weighted by Gasteiger charge is -2.36. The molecule has 0 amide bonds. The van der Waals surface area contributed by atoms with Crippen molar-refractivity contribution in [1.29, 1.82) is 0 Å². The summed E-state index contributed by atoms with van der Waals surface area (Å²) in [7, 11) is -1.74. The van der Waals surface area contributed by atoms with Gasteiger partial charge in [-0.15, -0.1) is 0 Å². The number of rotatable bonds is 5. The van der Waals surface area contributed by atoms with Crippen molar-refractivity contribution in [1.82, 2.24) is 14.6 Å². The quantitative estimate of drug-likeness (QED) is 0.596. The van der Waals surface area contributed by atoms with E-state index in [1.54, 1.807) is 0 Å². The average molecular weight is 422 g/mol. The summed E-state index contributed by atoms with van der Waals surface area (Å²) in [5.74, 6) is 0.815. The maximum absolute atomic E-state index is 6.35. The van der Waals surface area contributed by atoms with Crippen LogP contribution in [0.3, 0.4) is 0 Å². The Kier molecular flexibility index (Phi) is 5.53. The van der Waals surface area contributed by atoms with Gasteiger partial charge in [0, 0.05) is 18.5 Å². The molecule has 0 aliphatic carbocycles. The molecule has 7 heteroatoms. The fourth-order valence-electron chi connectivity index (χ4n) is 3.27. The number of anilines is 1. The monoisotopic (exact) mass is 421 g/mol. The van der Waals surface area contributed by atoms with E-state index in [-0.39, 0.29) is 5.04 Å². The molecule has 2 heterocycles. The van der Waals surface area contributed by atoms with E-state index in [1.807, 2.05) is 36.4 Å². The molecule has 0 spiro atoms. The number of benzene rings is 2. The minimum Gasteiger partial charge on any atom is -0.415 e. The van der Waals surface area contributed by atoms with Crippen molar-refractivity contribution in [2.45, 2.75) is 45.6 Å². The van der Waals surface area contributed by atoms with E-state index in [0.717, 1.165) is 41.2 Å². The lowest BCUT2D eigenvalue weighted by atomic mass is 10.2. The summed E-state index contributed by atoms with van der Waals surface area (Å²) < 4.78 is 8.55. The van der Waals surface area contributed by atoms with Crippen LogP contribution in [0.25, 0.3) is 10.9 Å². The van der Waals surface area contributed by atoms with Gasteiger partial charge in [0.1, 0.15) is 0 Å². The number of hydrazine groups is 1. The second-order valence-electron chi connectivity index (χ2n) is 9.28. The van der Waals surface area contributed by atoms with Crippen LogP contribution < -0.4 is 10.9 Å². The maximum atomic E-state index is 6.35. The van der Waals surface area contributed by atoms with Crippen molar-refractivity contribution in [2.24, 2.45) is 4.99 Å². The van der Waals surface area contributed by atoms with Crippen molar-refractivity contribution in [3.8, 4) is 0 Å². The van der Waals surface area contributed by atoms with Gasteiger partial charge in [-0.3, -0.25) is 9.99 Å². The van der Waals surface area contributed by atoms with Gasteiger partial charge in [-0.05, 0) is 42.4 Å². The fraction of sp³-hybridized carbons (Fsp3) is 0.391. The zero-order valence-corrected chi connectivity index (χ0v) is 19.5. The predicted octanol–water partition coefficient (Wildman–Crippen LogP) is 4.89. The summed E-state index contributed by atoms with van der Waals surface area (Å²) in [5, 5.41) is 3.43. The van der Waals surface area contributed by atoms with E-state index < -0.39 is 8.32 Å². The lowest BCUT2D eigenvalue weighted by molar-refractivity contribution is 0.212. The molecule has 0 saturated carbocycles. The number of hydrogen-bond donors (Lipinski definition) is 1. The Balaban J connectivity index is 1.58. The zero-order valence-electron chi connectivity index (χ0n) is 18.5. The van der Waals surface area contributed by atoms with Crippen LogP contribution >= 0.6 is 0 Å². The molecule has 30 heavy (non-hydrogen) atoms. The predicted molar refractivity (Wildman–Crippen MR) is 125 cm³/mol. The maximum Gasteiger partial charge on any atom is 0.221 e. The van der Waals surface area contributed by atoms with Crippen LogP contribution in [0, 0.1) is 0 Å². The van der Waals surface area contributed by atoms with E-state index in [1.165, 1.54) is 0 Å². The molecule has 1 aromatic heterocycles. The Bertz CT molecular complexity index is 1100. The Labute approximate surface area is 179 Å². The van der Waals surface area contributed by atoms with Crippen molar-refractivity contribution in [2.75, 3.05) is 18.6 Å². The molecule has 1 N–H and O–H groups in total. The van der Waals surface area contributed by atoms with Crippen LogP contribution in [0.4, 0.5) is 11.6 Å². The van der Waals surface area contributed by atoms with E-state index in [2.05, 4.69) is 67.1 Å². The first-order valence-corrected chi connectivity index (χ1v) is 13.4.